The molecule has 3 rings (SSSR count). The van der Waals surface area contributed by atoms with Crippen molar-refractivity contribution in [1.82, 2.24) is 20.0 Å². The Morgan fingerprint density at radius 1 is 1.38 bits per heavy atom. The number of carboxylic acid groups (broad SMARTS) is 1. The Balaban J connectivity index is 1.59. The zero-order chi connectivity index (χ0) is 18.6. The standard InChI is InChI=1S/C19H30N4O3/c1-22(9-10-23(2)18(24)25)13-16-12-20-21-17(16)15-4-7-19(8-5-15)6-3-11-26-14-19/h4,12H,3,5-11,13-14H2,1-2H3,(H,20,21)(H,24,25). The van der Waals surface area contributed by atoms with Crippen LogP contribution in [0.3, 0.4) is 0 Å². The molecule has 1 spiro atoms. The van der Waals surface area contributed by atoms with E-state index in [2.05, 4.69) is 21.2 Å². The monoisotopic (exact) mass is 362 g/mol. The molecule has 0 radical (unpaired) electrons. The predicted molar refractivity (Wildman–Crippen MR) is 99.9 cm³/mol. The van der Waals surface area contributed by atoms with Gasteiger partial charge in [-0.15, -0.1) is 0 Å². The van der Waals surface area contributed by atoms with Crippen LogP contribution in [-0.4, -0.2) is 71.6 Å². The van der Waals surface area contributed by atoms with Crippen molar-refractivity contribution in [1.29, 1.82) is 0 Å². The third-order valence-corrected chi connectivity index (χ3v) is 5.73. The lowest BCUT2D eigenvalue weighted by atomic mass is 9.71. The second kappa shape index (κ2) is 8.22. The fourth-order valence-corrected chi connectivity index (χ4v) is 3.93. The van der Waals surface area contributed by atoms with Gasteiger partial charge in [0.25, 0.3) is 0 Å². The van der Waals surface area contributed by atoms with Crippen molar-refractivity contribution in [2.24, 2.45) is 5.41 Å². The molecule has 1 aliphatic carbocycles. The van der Waals surface area contributed by atoms with Crippen molar-refractivity contribution < 1.29 is 14.6 Å². The molecule has 26 heavy (non-hydrogen) atoms. The van der Waals surface area contributed by atoms with Gasteiger partial charge in [0.1, 0.15) is 0 Å². The van der Waals surface area contributed by atoms with Crippen LogP contribution < -0.4 is 0 Å². The summed E-state index contributed by atoms with van der Waals surface area (Å²) in [4.78, 5) is 14.3. The molecule has 7 heteroatoms. The van der Waals surface area contributed by atoms with Gasteiger partial charge in [0.15, 0.2) is 0 Å². The van der Waals surface area contributed by atoms with E-state index in [0.717, 1.165) is 38.3 Å². The summed E-state index contributed by atoms with van der Waals surface area (Å²) < 4.78 is 5.73. The molecule has 1 aliphatic heterocycles. The molecule has 1 unspecified atom stereocenters. The molecule has 7 nitrogen and oxygen atoms in total. The molecule has 1 aromatic rings. The normalized spacial score (nSPS) is 23.3. The van der Waals surface area contributed by atoms with Gasteiger partial charge < -0.3 is 19.6 Å². The van der Waals surface area contributed by atoms with Gasteiger partial charge in [0, 0.05) is 38.9 Å². The Hall–Kier alpha value is -1.86. The minimum atomic E-state index is -0.893. The van der Waals surface area contributed by atoms with E-state index in [1.165, 1.54) is 35.3 Å². The summed E-state index contributed by atoms with van der Waals surface area (Å²) in [5.41, 5.74) is 4.01. The van der Waals surface area contributed by atoms with E-state index >= 15 is 0 Å². The van der Waals surface area contributed by atoms with Crippen LogP contribution in [0.4, 0.5) is 4.79 Å². The number of rotatable bonds is 6. The van der Waals surface area contributed by atoms with Crippen molar-refractivity contribution in [3.05, 3.63) is 23.5 Å². The van der Waals surface area contributed by atoms with Crippen LogP contribution in [0, 0.1) is 5.41 Å². The number of nitrogens with zero attached hydrogens (tertiary/aromatic N) is 3. The summed E-state index contributed by atoms with van der Waals surface area (Å²) in [5, 5.41) is 16.4. The SMILES string of the molecule is CN(CCN(C)C(=O)O)Cc1cn[nH]c1C1=CCC2(CCCOC2)CC1. The smallest absolute Gasteiger partial charge is 0.407 e. The zero-order valence-electron chi connectivity index (χ0n) is 15.8. The van der Waals surface area contributed by atoms with Crippen LogP contribution in [0.5, 0.6) is 0 Å². The second-order valence-corrected chi connectivity index (χ2v) is 7.80. The fourth-order valence-electron chi connectivity index (χ4n) is 3.93. The number of amides is 1. The lowest BCUT2D eigenvalue weighted by Gasteiger charge is -2.39. The highest BCUT2D eigenvalue weighted by Crippen LogP contribution is 2.44. The average molecular weight is 362 g/mol. The van der Waals surface area contributed by atoms with E-state index in [9.17, 15) is 4.79 Å². The molecular formula is C19H30N4O3. The highest BCUT2D eigenvalue weighted by Gasteiger charge is 2.34. The Kier molecular flexibility index (Phi) is 5.98. The highest BCUT2D eigenvalue weighted by molar-refractivity contribution is 5.66. The van der Waals surface area contributed by atoms with Crippen LogP contribution >= 0.6 is 0 Å². The van der Waals surface area contributed by atoms with Gasteiger partial charge in [0.05, 0.1) is 18.5 Å². The first-order valence-corrected chi connectivity index (χ1v) is 9.41. The first kappa shape index (κ1) is 18.9. The minimum absolute atomic E-state index is 0.347. The number of aromatic nitrogens is 2. The second-order valence-electron chi connectivity index (χ2n) is 7.80. The van der Waals surface area contributed by atoms with Gasteiger partial charge in [-0.25, -0.2) is 4.79 Å². The third kappa shape index (κ3) is 4.45. The van der Waals surface area contributed by atoms with E-state index in [1.807, 2.05) is 13.2 Å². The Morgan fingerprint density at radius 2 is 2.23 bits per heavy atom. The van der Waals surface area contributed by atoms with Gasteiger partial charge >= 0.3 is 6.09 Å². The van der Waals surface area contributed by atoms with Crippen LogP contribution in [0.15, 0.2) is 12.3 Å². The first-order valence-electron chi connectivity index (χ1n) is 9.41. The topological polar surface area (TPSA) is 81.7 Å². The largest absolute Gasteiger partial charge is 0.465 e. The molecule has 0 saturated carbocycles. The zero-order valence-corrected chi connectivity index (χ0v) is 15.8. The average Bonchev–Trinajstić information content (AvgIpc) is 3.09. The Labute approximate surface area is 155 Å². The predicted octanol–water partition coefficient (Wildman–Crippen LogP) is 2.82. The van der Waals surface area contributed by atoms with Gasteiger partial charge in [0.2, 0.25) is 0 Å². The number of hydrogen-bond donors (Lipinski definition) is 2. The minimum Gasteiger partial charge on any atom is -0.465 e. The maximum absolute atomic E-state index is 10.9. The molecular weight excluding hydrogens is 332 g/mol. The van der Waals surface area contributed by atoms with Gasteiger partial charge in [-0.05, 0) is 50.1 Å². The number of carbonyl (C=O) groups is 1. The lowest BCUT2D eigenvalue weighted by Crippen LogP contribution is -2.34. The van der Waals surface area contributed by atoms with E-state index in [0.29, 0.717) is 18.5 Å². The van der Waals surface area contributed by atoms with Crippen LogP contribution in [0.1, 0.15) is 43.4 Å². The number of hydrogen-bond acceptors (Lipinski definition) is 4. The van der Waals surface area contributed by atoms with Crippen molar-refractivity contribution in [3.63, 3.8) is 0 Å². The van der Waals surface area contributed by atoms with Gasteiger partial charge in [-0.2, -0.15) is 5.10 Å². The lowest BCUT2D eigenvalue weighted by molar-refractivity contribution is -0.0119. The molecule has 1 aromatic heterocycles. The number of likely N-dealkylation sites (N-methyl/N-ethyl adjacent to an activating group) is 2. The quantitative estimate of drug-likeness (QED) is 0.813. The van der Waals surface area contributed by atoms with Crippen molar-refractivity contribution in [3.8, 4) is 0 Å². The maximum Gasteiger partial charge on any atom is 0.407 e. The van der Waals surface area contributed by atoms with E-state index in [-0.39, 0.29) is 0 Å². The fraction of sp³-hybridized carbons (Fsp3) is 0.684. The van der Waals surface area contributed by atoms with Gasteiger partial charge in [-0.3, -0.25) is 5.10 Å². The molecule has 0 aromatic carbocycles. The summed E-state index contributed by atoms with van der Waals surface area (Å²) in [6.07, 6.45) is 9.13. The number of H-pyrrole nitrogens is 1. The molecule has 2 heterocycles. The molecule has 1 fully saturated rings. The van der Waals surface area contributed by atoms with E-state index in [1.54, 1.807) is 7.05 Å². The highest BCUT2D eigenvalue weighted by atomic mass is 16.5. The summed E-state index contributed by atoms with van der Waals surface area (Å²) in [5.74, 6) is 0. The first-order chi connectivity index (χ1) is 12.5. The number of aromatic amines is 1. The van der Waals surface area contributed by atoms with E-state index < -0.39 is 6.09 Å². The molecule has 1 saturated heterocycles. The van der Waals surface area contributed by atoms with Crippen LogP contribution in [0.2, 0.25) is 0 Å². The molecule has 2 aliphatic rings. The molecule has 1 atom stereocenters. The third-order valence-electron chi connectivity index (χ3n) is 5.73. The number of ether oxygens (including phenoxy) is 1. The summed E-state index contributed by atoms with van der Waals surface area (Å²) in [7, 11) is 3.60. The summed E-state index contributed by atoms with van der Waals surface area (Å²) in [6, 6.07) is 0. The van der Waals surface area contributed by atoms with Crippen molar-refractivity contribution >= 4 is 11.7 Å². The van der Waals surface area contributed by atoms with Crippen LogP contribution in [-0.2, 0) is 11.3 Å². The number of nitrogens with one attached hydrogen (secondary N) is 1. The van der Waals surface area contributed by atoms with Crippen molar-refractivity contribution in [2.45, 2.75) is 38.6 Å². The molecule has 0 bridgehead atoms. The maximum atomic E-state index is 10.9. The molecule has 2 N–H and O–H groups in total. The molecule has 1 amide bonds. The Morgan fingerprint density at radius 3 is 2.88 bits per heavy atom. The number of allylic oxidation sites excluding steroid dienone is 2. The van der Waals surface area contributed by atoms with Crippen molar-refractivity contribution in [2.75, 3.05) is 40.4 Å². The van der Waals surface area contributed by atoms with Gasteiger partial charge in [-0.1, -0.05) is 6.08 Å². The molecule has 144 valence electrons. The summed E-state index contributed by atoms with van der Waals surface area (Å²) in [6.45, 7) is 3.74. The summed E-state index contributed by atoms with van der Waals surface area (Å²) >= 11 is 0. The van der Waals surface area contributed by atoms with E-state index in [4.69, 9.17) is 9.84 Å². The van der Waals surface area contributed by atoms with Crippen LogP contribution in [0.25, 0.3) is 5.57 Å². The Bertz CT molecular complexity index is 649.